The van der Waals surface area contributed by atoms with Crippen LogP contribution in [0.1, 0.15) is 32.0 Å². The van der Waals surface area contributed by atoms with E-state index < -0.39 is 0 Å². The van der Waals surface area contributed by atoms with E-state index in [0.717, 1.165) is 17.7 Å². The van der Waals surface area contributed by atoms with E-state index in [0.29, 0.717) is 19.2 Å². The third kappa shape index (κ3) is 2.68. The second-order valence-electron chi connectivity index (χ2n) is 6.46. The molecule has 2 atom stereocenters. The van der Waals surface area contributed by atoms with Gasteiger partial charge in [0.05, 0.1) is 6.54 Å². The number of hydrogen-bond acceptors (Lipinski definition) is 3. The number of amides is 1. The maximum absolute atomic E-state index is 12.2. The highest BCUT2D eigenvalue weighted by Crippen LogP contribution is 2.51. The van der Waals surface area contributed by atoms with Crippen LogP contribution in [0.25, 0.3) is 0 Å². The summed E-state index contributed by atoms with van der Waals surface area (Å²) in [4.78, 5) is 14.2. The molecule has 1 aromatic rings. The van der Waals surface area contributed by atoms with Crippen molar-refractivity contribution in [3.63, 3.8) is 0 Å². The fraction of sp³-hybridized carbons (Fsp3) is 0.471. The van der Waals surface area contributed by atoms with Crippen molar-refractivity contribution < 1.29 is 9.53 Å². The van der Waals surface area contributed by atoms with Gasteiger partial charge in [0.1, 0.15) is 18.5 Å². The summed E-state index contributed by atoms with van der Waals surface area (Å²) in [5, 5.41) is 3.31. The van der Waals surface area contributed by atoms with Gasteiger partial charge in [-0.3, -0.25) is 10.1 Å². The molecule has 1 saturated heterocycles. The fourth-order valence-corrected chi connectivity index (χ4v) is 2.97. The fourth-order valence-electron chi connectivity index (χ4n) is 2.97. The summed E-state index contributed by atoms with van der Waals surface area (Å²) in [7, 11) is 0. The predicted octanol–water partition coefficient (Wildman–Crippen LogP) is 2.48. The Balaban J connectivity index is 1.76. The lowest BCUT2D eigenvalue weighted by Crippen LogP contribution is -2.34. The van der Waals surface area contributed by atoms with Gasteiger partial charge < -0.3 is 9.64 Å². The van der Waals surface area contributed by atoms with E-state index in [4.69, 9.17) is 4.74 Å². The van der Waals surface area contributed by atoms with Crippen LogP contribution < -0.4 is 10.1 Å². The highest BCUT2D eigenvalue weighted by atomic mass is 16.5. The monoisotopic (exact) mass is 286 g/mol. The van der Waals surface area contributed by atoms with Crippen LogP contribution in [0.2, 0.25) is 0 Å². The Kier molecular flexibility index (Phi) is 3.49. The maximum atomic E-state index is 12.2. The van der Waals surface area contributed by atoms with Crippen LogP contribution in [-0.2, 0) is 4.79 Å². The molecule has 3 rings (SSSR count). The predicted molar refractivity (Wildman–Crippen MR) is 81.9 cm³/mol. The summed E-state index contributed by atoms with van der Waals surface area (Å²) in [6.45, 7) is 8.99. The van der Waals surface area contributed by atoms with E-state index in [1.165, 1.54) is 0 Å². The first-order valence-electron chi connectivity index (χ1n) is 7.41. The van der Waals surface area contributed by atoms with Gasteiger partial charge in [0.15, 0.2) is 0 Å². The van der Waals surface area contributed by atoms with Crippen molar-refractivity contribution in [1.82, 2.24) is 10.2 Å². The Morgan fingerprint density at radius 2 is 2.10 bits per heavy atom. The number of nitrogens with zero attached hydrogens (tertiary/aromatic N) is 1. The van der Waals surface area contributed by atoms with Gasteiger partial charge in [0.25, 0.3) is 0 Å². The van der Waals surface area contributed by atoms with Gasteiger partial charge in [-0.2, -0.15) is 0 Å². The molecule has 0 radical (unpaired) electrons. The molecular weight excluding hydrogens is 264 g/mol. The number of rotatable bonds is 5. The first-order valence-corrected chi connectivity index (χ1v) is 7.41. The first kappa shape index (κ1) is 14.1. The second-order valence-corrected chi connectivity index (χ2v) is 6.46. The molecule has 1 aliphatic carbocycles. The highest BCUT2D eigenvalue weighted by molar-refractivity contribution is 5.81. The largest absolute Gasteiger partial charge is 0.490 e. The summed E-state index contributed by atoms with van der Waals surface area (Å²) in [6, 6.07) is 8.29. The summed E-state index contributed by atoms with van der Waals surface area (Å²) in [6.07, 6.45) is 2.79. The molecule has 2 unspecified atom stereocenters. The number of hydrogen-bond donors (Lipinski definition) is 1. The standard InChI is InChI=1S/C17H22N2O2/c1-4-9-21-13-7-5-12(6-8-13)16-18-11-15(20)19(16)14-10-17(14,2)3/h4-8,14,16,18H,1,9-11H2,2-3H3. The van der Waals surface area contributed by atoms with Crippen LogP contribution in [0.3, 0.4) is 0 Å². The molecule has 112 valence electrons. The minimum Gasteiger partial charge on any atom is -0.490 e. The van der Waals surface area contributed by atoms with Crippen molar-refractivity contribution in [3.8, 4) is 5.75 Å². The molecule has 1 saturated carbocycles. The van der Waals surface area contributed by atoms with Crippen LogP contribution in [-0.4, -0.2) is 30.0 Å². The van der Waals surface area contributed by atoms with Gasteiger partial charge in [-0.1, -0.05) is 38.6 Å². The normalized spacial score (nSPS) is 26.8. The molecule has 1 aromatic carbocycles. The minimum atomic E-state index is -0.0160. The van der Waals surface area contributed by atoms with Crippen LogP contribution in [0.5, 0.6) is 5.75 Å². The summed E-state index contributed by atoms with van der Waals surface area (Å²) >= 11 is 0. The molecule has 1 amide bonds. The highest BCUT2D eigenvalue weighted by Gasteiger charge is 2.54. The smallest absolute Gasteiger partial charge is 0.238 e. The number of nitrogens with one attached hydrogen (secondary N) is 1. The maximum Gasteiger partial charge on any atom is 0.238 e. The Labute approximate surface area is 125 Å². The molecule has 0 spiro atoms. The zero-order valence-electron chi connectivity index (χ0n) is 12.6. The molecule has 1 heterocycles. The van der Waals surface area contributed by atoms with Crippen LogP contribution in [0.15, 0.2) is 36.9 Å². The Morgan fingerprint density at radius 3 is 2.67 bits per heavy atom. The lowest BCUT2D eigenvalue weighted by atomic mass is 10.1. The van der Waals surface area contributed by atoms with Crippen molar-refractivity contribution in [1.29, 1.82) is 0 Å². The Morgan fingerprint density at radius 1 is 1.43 bits per heavy atom. The van der Waals surface area contributed by atoms with E-state index in [-0.39, 0.29) is 17.5 Å². The average molecular weight is 286 g/mol. The van der Waals surface area contributed by atoms with E-state index >= 15 is 0 Å². The first-order chi connectivity index (χ1) is 10.0. The molecule has 1 N–H and O–H groups in total. The Hall–Kier alpha value is -1.81. The third-order valence-electron chi connectivity index (χ3n) is 4.37. The molecule has 1 aliphatic heterocycles. The van der Waals surface area contributed by atoms with E-state index in [2.05, 4.69) is 25.7 Å². The average Bonchev–Trinajstić information content (AvgIpc) is 2.91. The summed E-state index contributed by atoms with van der Waals surface area (Å²) in [5.41, 5.74) is 1.35. The number of benzene rings is 1. The van der Waals surface area contributed by atoms with Crippen LogP contribution >= 0.6 is 0 Å². The van der Waals surface area contributed by atoms with Gasteiger partial charge in [-0.15, -0.1) is 0 Å². The van der Waals surface area contributed by atoms with Crippen molar-refractivity contribution in [2.24, 2.45) is 5.41 Å². The van der Waals surface area contributed by atoms with Gasteiger partial charge in [-0.25, -0.2) is 0 Å². The molecule has 2 aliphatic rings. The number of ether oxygens (including phenoxy) is 1. The van der Waals surface area contributed by atoms with Crippen molar-refractivity contribution in [2.75, 3.05) is 13.2 Å². The topological polar surface area (TPSA) is 41.6 Å². The van der Waals surface area contributed by atoms with Crippen molar-refractivity contribution in [2.45, 2.75) is 32.5 Å². The number of carbonyl (C=O) groups excluding carboxylic acids is 1. The van der Waals surface area contributed by atoms with E-state index in [9.17, 15) is 4.79 Å². The molecule has 21 heavy (non-hydrogen) atoms. The van der Waals surface area contributed by atoms with E-state index in [1.54, 1.807) is 6.08 Å². The second kappa shape index (κ2) is 5.19. The summed E-state index contributed by atoms with van der Waals surface area (Å²) in [5.74, 6) is 1.02. The van der Waals surface area contributed by atoms with Gasteiger partial charge in [-0.05, 0) is 29.5 Å². The van der Waals surface area contributed by atoms with Crippen molar-refractivity contribution in [3.05, 3.63) is 42.5 Å². The van der Waals surface area contributed by atoms with Crippen LogP contribution in [0, 0.1) is 5.41 Å². The zero-order valence-corrected chi connectivity index (χ0v) is 12.6. The molecule has 4 heteroatoms. The molecule has 0 aromatic heterocycles. The molecule has 4 nitrogen and oxygen atoms in total. The van der Waals surface area contributed by atoms with Gasteiger partial charge >= 0.3 is 0 Å². The molecular formula is C17H22N2O2. The Bertz CT molecular complexity index is 550. The molecule has 0 bridgehead atoms. The minimum absolute atomic E-state index is 0.0160. The summed E-state index contributed by atoms with van der Waals surface area (Å²) < 4.78 is 5.49. The SMILES string of the molecule is C=CCOc1ccc(C2NCC(=O)N2C2CC2(C)C)cc1. The van der Waals surface area contributed by atoms with Gasteiger partial charge in [0, 0.05) is 6.04 Å². The lowest BCUT2D eigenvalue weighted by Gasteiger charge is -2.26. The zero-order chi connectivity index (χ0) is 15.0. The molecule has 2 fully saturated rings. The quantitative estimate of drug-likeness (QED) is 0.846. The third-order valence-corrected chi connectivity index (χ3v) is 4.37. The van der Waals surface area contributed by atoms with Crippen molar-refractivity contribution >= 4 is 5.91 Å². The number of carbonyl (C=O) groups is 1. The van der Waals surface area contributed by atoms with E-state index in [1.807, 2.05) is 29.2 Å². The lowest BCUT2D eigenvalue weighted by molar-refractivity contribution is -0.129. The van der Waals surface area contributed by atoms with Crippen LogP contribution in [0.4, 0.5) is 0 Å². The van der Waals surface area contributed by atoms with Gasteiger partial charge in [0.2, 0.25) is 5.91 Å².